The number of halogens is 2. The van der Waals surface area contributed by atoms with Gasteiger partial charge in [-0.3, -0.25) is 4.79 Å². The molecule has 2 aromatic rings. The molecule has 0 atom stereocenters. The van der Waals surface area contributed by atoms with Crippen molar-refractivity contribution in [2.45, 2.75) is 13.5 Å². The number of amides is 1. The van der Waals surface area contributed by atoms with Crippen LogP contribution in [0, 0.1) is 12.7 Å². The minimum absolute atomic E-state index is 0.00831. The average molecular weight is 324 g/mol. The monoisotopic (exact) mass is 323 g/mol. The van der Waals surface area contributed by atoms with E-state index in [9.17, 15) is 9.18 Å². The van der Waals surface area contributed by atoms with E-state index in [1.807, 2.05) is 0 Å². The lowest BCUT2D eigenvalue weighted by molar-refractivity contribution is 0.0946. The van der Waals surface area contributed by atoms with Crippen molar-refractivity contribution in [1.29, 1.82) is 0 Å². The van der Waals surface area contributed by atoms with Gasteiger partial charge >= 0.3 is 0 Å². The number of hydrogen-bond acceptors (Lipinski definition) is 3. The second kappa shape index (κ2) is 5.88. The predicted molar refractivity (Wildman–Crippen MR) is 72.0 cm³/mol. The second-order valence-electron chi connectivity index (χ2n) is 3.90. The Morgan fingerprint density at radius 1 is 1.42 bits per heavy atom. The first-order chi connectivity index (χ1) is 9.06. The fourth-order valence-electron chi connectivity index (χ4n) is 1.54. The van der Waals surface area contributed by atoms with Crippen LogP contribution in [0.3, 0.4) is 0 Å². The van der Waals surface area contributed by atoms with E-state index in [2.05, 4.69) is 31.2 Å². The van der Waals surface area contributed by atoms with Crippen molar-refractivity contribution in [3.63, 3.8) is 0 Å². The summed E-state index contributed by atoms with van der Waals surface area (Å²) in [6.45, 7) is 2.00. The highest BCUT2D eigenvalue weighted by molar-refractivity contribution is 9.10. The summed E-state index contributed by atoms with van der Waals surface area (Å²) in [5.74, 6) is -0.409. The van der Waals surface area contributed by atoms with Gasteiger partial charge in [-0.2, -0.15) is 0 Å². The zero-order valence-electron chi connectivity index (χ0n) is 10.2. The summed E-state index contributed by atoms with van der Waals surface area (Å²) in [5, 5.41) is 2.62. The Kier molecular flexibility index (Phi) is 4.21. The van der Waals surface area contributed by atoms with E-state index < -0.39 is 11.7 Å². The summed E-state index contributed by atoms with van der Waals surface area (Å²) in [6.07, 6.45) is 1.62. The van der Waals surface area contributed by atoms with Crippen molar-refractivity contribution in [3.8, 4) is 0 Å². The van der Waals surface area contributed by atoms with Gasteiger partial charge < -0.3 is 5.32 Å². The highest BCUT2D eigenvalue weighted by atomic mass is 79.9. The Morgan fingerprint density at radius 2 is 2.21 bits per heavy atom. The molecule has 0 spiro atoms. The van der Waals surface area contributed by atoms with Crippen LogP contribution in [0.2, 0.25) is 0 Å². The number of nitrogens with zero attached hydrogens (tertiary/aromatic N) is 2. The smallest absolute Gasteiger partial charge is 0.254 e. The number of carbonyl (C=O) groups is 1. The van der Waals surface area contributed by atoms with Gasteiger partial charge in [0.2, 0.25) is 0 Å². The van der Waals surface area contributed by atoms with Crippen LogP contribution in [-0.4, -0.2) is 15.9 Å². The Hall–Kier alpha value is -1.82. The molecule has 0 radical (unpaired) electrons. The van der Waals surface area contributed by atoms with E-state index in [0.717, 1.165) is 0 Å². The molecule has 6 heteroatoms. The molecule has 0 aliphatic heterocycles. The summed E-state index contributed by atoms with van der Waals surface area (Å²) in [5.41, 5.74) is 0.687. The van der Waals surface area contributed by atoms with E-state index in [-0.39, 0.29) is 12.1 Å². The summed E-state index contributed by atoms with van der Waals surface area (Å²) in [7, 11) is 0. The van der Waals surface area contributed by atoms with Gasteiger partial charge in [0.25, 0.3) is 5.91 Å². The third kappa shape index (κ3) is 3.57. The Bertz CT molecular complexity index is 619. The van der Waals surface area contributed by atoms with Gasteiger partial charge in [-0.05, 0) is 31.2 Å². The molecule has 1 aromatic carbocycles. The van der Waals surface area contributed by atoms with Crippen LogP contribution in [0.25, 0.3) is 0 Å². The molecule has 0 unspecified atom stereocenters. The van der Waals surface area contributed by atoms with Crippen molar-refractivity contribution in [1.82, 2.24) is 15.3 Å². The maximum atomic E-state index is 13.6. The lowest BCUT2D eigenvalue weighted by Gasteiger charge is -2.06. The van der Waals surface area contributed by atoms with Crippen LogP contribution < -0.4 is 5.32 Å². The standard InChI is InChI=1S/C13H11BrFN3O/c1-8-16-5-4-10(18-8)7-17-13(19)11-3-2-9(14)6-12(11)15/h2-6H,7H2,1H3,(H,17,19). The predicted octanol–water partition coefficient (Wildman–Crippen LogP) is 2.62. The van der Waals surface area contributed by atoms with Crippen molar-refractivity contribution < 1.29 is 9.18 Å². The van der Waals surface area contributed by atoms with Crippen LogP contribution in [0.1, 0.15) is 21.9 Å². The fraction of sp³-hybridized carbons (Fsp3) is 0.154. The van der Waals surface area contributed by atoms with E-state index >= 15 is 0 Å². The lowest BCUT2D eigenvalue weighted by Crippen LogP contribution is -2.24. The fourth-order valence-corrected chi connectivity index (χ4v) is 1.88. The Morgan fingerprint density at radius 3 is 2.89 bits per heavy atom. The summed E-state index contributed by atoms with van der Waals surface area (Å²) < 4.78 is 14.2. The molecule has 0 bridgehead atoms. The third-order valence-corrected chi connectivity index (χ3v) is 2.93. The molecule has 0 saturated heterocycles. The Balaban J connectivity index is 2.05. The third-order valence-electron chi connectivity index (χ3n) is 2.44. The van der Waals surface area contributed by atoms with Gasteiger partial charge in [-0.25, -0.2) is 14.4 Å². The van der Waals surface area contributed by atoms with E-state index in [1.165, 1.54) is 12.1 Å². The lowest BCUT2D eigenvalue weighted by atomic mass is 10.2. The largest absolute Gasteiger partial charge is 0.346 e. The van der Waals surface area contributed by atoms with Crippen LogP contribution in [0.5, 0.6) is 0 Å². The SMILES string of the molecule is Cc1nccc(CNC(=O)c2ccc(Br)cc2F)n1. The van der Waals surface area contributed by atoms with Crippen molar-refractivity contribution in [3.05, 3.63) is 57.8 Å². The summed E-state index contributed by atoms with van der Waals surface area (Å²) in [6, 6.07) is 6.00. The molecular weight excluding hydrogens is 313 g/mol. The molecule has 98 valence electrons. The van der Waals surface area contributed by atoms with Gasteiger partial charge in [-0.1, -0.05) is 15.9 Å². The molecule has 2 rings (SSSR count). The van der Waals surface area contributed by atoms with Crippen molar-refractivity contribution in [2.24, 2.45) is 0 Å². The quantitative estimate of drug-likeness (QED) is 0.944. The van der Waals surface area contributed by atoms with Crippen LogP contribution in [0.4, 0.5) is 4.39 Å². The van der Waals surface area contributed by atoms with E-state index in [4.69, 9.17) is 0 Å². The zero-order chi connectivity index (χ0) is 13.8. The van der Waals surface area contributed by atoms with Gasteiger partial charge in [-0.15, -0.1) is 0 Å². The highest BCUT2D eigenvalue weighted by Gasteiger charge is 2.11. The molecule has 1 N–H and O–H groups in total. The van der Waals surface area contributed by atoms with Gasteiger partial charge in [0.1, 0.15) is 11.6 Å². The van der Waals surface area contributed by atoms with Gasteiger partial charge in [0.05, 0.1) is 17.8 Å². The first-order valence-corrected chi connectivity index (χ1v) is 6.37. The van der Waals surface area contributed by atoms with Crippen LogP contribution in [0.15, 0.2) is 34.9 Å². The van der Waals surface area contributed by atoms with E-state index in [1.54, 1.807) is 25.3 Å². The molecule has 0 fully saturated rings. The topological polar surface area (TPSA) is 54.9 Å². The number of aryl methyl sites for hydroxylation is 1. The number of nitrogens with one attached hydrogen (secondary N) is 1. The van der Waals surface area contributed by atoms with E-state index in [0.29, 0.717) is 16.0 Å². The molecule has 0 aliphatic carbocycles. The number of aromatic nitrogens is 2. The molecule has 0 aliphatic rings. The maximum absolute atomic E-state index is 13.6. The van der Waals surface area contributed by atoms with Crippen molar-refractivity contribution >= 4 is 21.8 Å². The second-order valence-corrected chi connectivity index (χ2v) is 4.82. The van der Waals surface area contributed by atoms with Gasteiger partial charge in [0, 0.05) is 10.7 Å². The zero-order valence-corrected chi connectivity index (χ0v) is 11.7. The summed E-state index contributed by atoms with van der Waals surface area (Å²) >= 11 is 3.14. The normalized spacial score (nSPS) is 10.3. The molecule has 19 heavy (non-hydrogen) atoms. The molecule has 4 nitrogen and oxygen atoms in total. The number of rotatable bonds is 3. The molecule has 1 heterocycles. The first-order valence-electron chi connectivity index (χ1n) is 5.58. The summed E-state index contributed by atoms with van der Waals surface area (Å²) in [4.78, 5) is 19.9. The number of hydrogen-bond donors (Lipinski definition) is 1. The average Bonchev–Trinajstić information content (AvgIpc) is 2.36. The van der Waals surface area contributed by atoms with Gasteiger partial charge in [0.15, 0.2) is 0 Å². The number of benzene rings is 1. The van der Waals surface area contributed by atoms with Crippen LogP contribution >= 0.6 is 15.9 Å². The minimum Gasteiger partial charge on any atom is -0.346 e. The van der Waals surface area contributed by atoms with Crippen molar-refractivity contribution in [2.75, 3.05) is 0 Å². The van der Waals surface area contributed by atoms with Crippen LogP contribution in [-0.2, 0) is 6.54 Å². The number of carbonyl (C=O) groups excluding carboxylic acids is 1. The molecule has 1 amide bonds. The highest BCUT2D eigenvalue weighted by Crippen LogP contribution is 2.15. The molecule has 1 aromatic heterocycles. The maximum Gasteiger partial charge on any atom is 0.254 e. The molecular formula is C13H11BrFN3O. The Labute approximate surface area is 118 Å². The minimum atomic E-state index is -0.564. The molecule has 0 saturated carbocycles. The first kappa shape index (κ1) is 13.6.